The second-order valence-electron chi connectivity index (χ2n) is 7.87. The Kier molecular flexibility index (Phi) is 10.1. The van der Waals surface area contributed by atoms with Gasteiger partial charge in [-0.05, 0) is 77.1 Å². The Hall–Kier alpha value is -1.95. The molecule has 2 N–H and O–H groups in total. The highest BCUT2D eigenvalue weighted by Gasteiger charge is 2.21. The van der Waals surface area contributed by atoms with E-state index in [9.17, 15) is 0 Å². The Morgan fingerprint density at radius 3 is 2.62 bits per heavy atom. The molecule has 6 nitrogen and oxygen atoms in total. The van der Waals surface area contributed by atoms with Crippen molar-refractivity contribution in [2.45, 2.75) is 53.0 Å². The van der Waals surface area contributed by atoms with Crippen molar-refractivity contribution in [1.82, 2.24) is 15.5 Å². The Labute approximate surface area is 177 Å². The largest absolute Gasteiger partial charge is 0.490 e. The Balaban J connectivity index is 1.78. The number of aliphatic imine (C=N–C) groups is 1. The number of nitrogens with zero attached hydrogens (tertiary/aromatic N) is 2. The molecule has 0 radical (unpaired) electrons. The normalized spacial score (nSPS) is 18.0. The lowest BCUT2D eigenvalue weighted by molar-refractivity contribution is 0.141. The van der Waals surface area contributed by atoms with Crippen LogP contribution in [0.2, 0.25) is 0 Å². The van der Waals surface area contributed by atoms with Gasteiger partial charge in [-0.3, -0.25) is 4.99 Å². The van der Waals surface area contributed by atoms with Gasteiger partial charge in [0.05, 0.1) is 13.2 Å². The summed E-state index contributed by atoms with van der Waals surface area (Å²) in [5.41, 5.74) is 1.22. The molecule has 1 heterocycles. The van der Waals surface area contributed by atoms with E-state index in [0.717, 1.165) is 37.0 Å². The van der Waals surface area contributed by atoms with Gasteiger partial charge in [0.1, 0.15) is 0 Å². The van der Waals surface area contributed by atoms with Crippen LogP contribution in [0.25, 0.3) is 0 Å². The summed E-state index contributed by atoms with van der Waals surface area (Å²) in [7, 11) is 1.83. The zero-order chi connectivity index (χ0) is 21.1. The standard InChI is InChI=1S/C23H40N4O2/c1-6-28-21-11-10-19(15-22(21)29-7-2)12-13-25-23(24-5)26-16-20-9-8-14-27(17-20)18(3)4/h10-11,15,18,20H,6-9,12-14,16-17H2,1-5H3,(H2,24,25,26). The number of piperidine rings is 1. The summed E-state index contributed by atoms with van der Waals surface area (Å²) in [6.07, 6.45) is 3.48. The molecule has 164 valence electrons. The number of rotatable bonds is 10. The van der Waals surface area contributed by atoms with Gasteiger partial charge >= 0.3 is 0 Å². The van der Waals surface area contributed by atoms with Gasteiger partial charge in [-0.1, -0.05) is 6.07 Å². The van der Waals surface area contributed by atoms with Crippen molar-refractivity contribution < 1.29 is 9.47 Å². The minimum atomic E-state index is 0.630. The molecule has 0 aliphatic carbocycles. The molecular formula is C23H40N4O2. The minimum absolute atomic E-state index is 0.630. The summed E-state index contributed by atoms with van der Waals surface area (Å²) < 4.78 is 11.4. The highest BCUT2D eigenvalue weighted by Crippen LogP contribution is 2.28. The van der Waals surface area contributed by atoms with Gasteiger partial charge in [0.15, 0.2) is 17.5 Å². The first-order valence-electron chi connectivity index (χ1n) is 11.1. The Bertz CT molecular complexity index is 633. The van der Waals surface area contributed by atoms with Crippen molar-refractivity contribution in [2.75, 3.05) is 46.4 Å². The van der Waals surface area contributed by atoms with E-state index in [1.807, 2.05) is 27.0 Å². The first-order chi connectivity index (χ1) is 14.1. The topological polar surface area (TPSA) is 58.1 Å². The van der Waals surface area contributed by atoms with E-state index >= 15 is 0 Å². The summed E-state index contributed by atoms with van der Waals surface area (Å²) in [5, 5.41) is 6.95. The lowest BCUT2D eigenvalue weighted by Gasteiger charge is -2.35. The molecule has 1 aromatic carbocycles. The highest BCUT2D eigenvalue weighted by molar-refractivity contribution is 5.79. The van der Waals surface area contributed by atoms with Crippen LogP contribution in [0.4, 0.5) is 0 Å². The van der Waals surface area contributed by atoms with Crippen LogP contribution in [0.1, 0.15) is 46.1 Å². The number of hydrogen-bond donors (Lipinski definition) is 2. The number of likely N-dealkylation sites (tertiary alicyclic amines) is 1. The fourth-order valence-corrected chi connectivity index (χ4v) is 3.77. The van der Waals surface area contributed by atoms with Gasteiger partial charge in [0.25, 0.3) is 0 Å². The molecule has 0 bridgehead atoms. The average Bonchev–Trinajstić information content (AvgIpc) is 2.72. The molecule has 1 aliphatic rings. The quantitative estimate of drug-likeness (QED) is 0.463. The van der Waals surface area contributed by atoms with Gasteiger partial charge in [-0.25, -0.2) is 0 Å². The number of hydrogen-bond acceptors (Lipinski definition) is 4. The molecule has 0 amide bonds. The first kappa shape index (κ1) is 23.3. The molecule has 0 spiro atoms. The summed E-state index contributed by atoms with van der Waals surface area (Å²) in [4.78, 5) is 6.96. The van der Waals surface area contributed by atoms with Crippen LogP contribution >= 0.6 is 0 Å². The molecule has 0 aromatic heterocycles. The highest BCUT2D eigenvalue weighted by atomic mass is 16.5. The van der Waals surface area contributed by atoms with Crippen molar-refractivity contribution in [1.29, 1.82) is 0 Å². The zero-order valence-electron chi connectivity index (χ0n) is 19.0. The van der Waals surface area contributed by atoms with Gasteiger partial charge in [0.2, 0.25) is 0 Å². The lowest BCUT2D eigenvalue weighted by Crippen LogP contribution is -2.46. The maximum Gasteiger partial charge on any atom is 0.190 e. The van der Waals surface area contributed by atoms with Crippen molar-refractivity contribution in [3.63, 3.8) is 0 Å². The monoisotopic (exact) mass is 404 g/mol. The maximum atomic E-state index is 5.72. The third-order valence-corrected chi connectivity index (χ3v) is 5.38. The van der Waals surface area contributed by atoms with Crippen LogP contribution in [0.15, 0.2) is 23.2 Å². The second kappa shape index (κ2) is 12.6. The second-order valence-corrected chi connectivity index (χ2v) is 7.87. The molecule has 29 heavy (non-hydrogen) atoms. The Morgan fingerprint density at radius 1 is 1.17 bits per heavy atom. The number of benzene rings is 1. The summed E-state index contributed by atoms with van der Waals surface area (Å²) in [6, 6.07) is 6.81. The van der Waals surface area contributed by atoms with E-state index < -0.39 is 0 Å². The molecule has 1 aliphatic heterocycles. The van der Waals surface area contributed by atoms with Gasteiger partial charge in [-0.15, -0.1) is 0 Å². The first-order valence-corrected chi connectivity index (χ1v) is 11.1. The average molecular weight is 405 g/mol. The number of guanidine groups is 1. The molecule has 0 saturated carbocycles. The van der Waals surface area contributed by atoms with Crippen LogP contribution in [0, 0.1) is 5.92 Å². The number of ether oxygens (including phenoxy) is 2. The summed E-state index contributed by atoms with van der Waals surface area (Å²) in [6.45, 7) is 14.0. The van der Waals surface area contributed by atoms with Gasteiger partial charge in [-0.2, -0.15) is 0 Å². The molecule has 1 atom stereocenters. The third kappa shape index (κ3) is 7.77. The third-order valence-electron chi connectivity index (χ3n) is 5.38. The Morgan fingerprint density at radius 2 is 1.93 bits per heavy atom. The molecule has 1 unspecified atom stereocenters. The van der Waals surface area contributed by atoms with Crippen LogP contribution in [0.3, 0.4) is 0 Å². The van der Waals surface area contributed by atoms with Crippen molar-refractivity contribution >= 4 is 5.96 Å². The van der Waals surface area contributed by atoms with Crippen LogP contribution in [0.5, 0.6) is 11.5 Å². The molecule has 1 saturated heterocycles. The van der Waals surface area contributed by atoms with Crippen molar-refractivity contribution in [2.24, 2.45) is 10.9 Å². The van der Waals surface area contributed by atoms with E-state index in [2.05, 4.69) is 46.5 Å². The van der Waals surface area contributed by atoms with E-state index in [-0.39, 0.29) is 0 Å². The van der Waals surface area contributed by atoms with Gasteiger partial charge in [0, 0.05) is 32.7 Å². The molecule has 6 heteroatoms. The summed E-state index contributed by atoms with van der Waals surface area (Å²) in [5.74, 6) is 3.19. The lowest BCUT2D eigenvalue weighted by atomic mass is 9.97. The van der Waals surface area contributed by atoms with E-state index in [1.165, 1.54) is 31.5 Å². The SMILES string of the molecule is CCOc1ccc(CCNC(=NC)NCC2CCCN(C(C)C)C2)cc1OCC. The van der Waals surface area contributed by atoms with Crippen LogP contribution in [-0.4, -0.2) is 63.3 Å². The molecule has 1 aromatic rings. The van der Waals surface area contributed by atoms with Gasteiger partial charge < -0.3 is 25.0 Å². The molecule has 2 rings (SSSR count). The fourth-order valence-electron chi connectivity index (χ4n) is 3.77. The minimum Gasteiger partial charge on any atom is -0.490 e. The predicted octanol–water partition coefficient (Wildman–Crippen LogP) is 3.31. The van der Waals surface area contributed by atoms with E-state index in [4.69, 9.17) is 9.47 Å². The molecule has 1 fully saturated rings. The van der Waals surface area contributed by atoms with E-state index in [0.29, 0.717) is 25.2 Å². The van der Waals surface area contributed by atoms with Crippen molar-refractivity contribution in [3.8, 4) is 11.5 Å². The van der Waals surface area contributed by atoms with Crippen LogP contribution in [-0.2, 0) is 6.42 Å². The van der Waals surface area contributed by atoms with E-state index in [1.54, 1.807) is 0 Å². The summed E-state index contributed by atoms with van der Waals surface area (Å²) >= 11 is 0. The zero-order valence-corrected chi connectivity index (χ0v) is 19.0. The smallest absolute Gasteiger partial charge is 0.190 e. The number of nitrogens with one attached hydrogen (secondary N) is 2. The molecular weight excluding hydrogens is 364 g/mol. The van der Waals surface area contributed by atoms with Crippen molar-refractivity contribution in [3.05, 3.63) is 23.8 Å². The fraction of sp³-hybridized carbons (Fsp3) is 0.696. The maximum absolute atomic E-state index is 5.72. The van der Waals surface area contributed by atoms with Crippen LogP contribution < -0.4 is 20.1 Å². The predicted molar refractivity (Wildman–Crippen MR) is 121 cm³/mol.